The molecule has 1 rings (SSSR count). The molecular formula is C19H27NO2. The maximum atomic E-state index is 12.2. The molecule has 0 bridgehead atoms. The quantitative estimate of drug-likeness (QED) is 0.702. The van der Waals surface area contributed by atoms with E-state index in [0.29, 0.717) is 12.8 Å². The van der Waals surface area contributed by atoms with Gasteiger partial charge in [0.05, 0.1) is 6.10 Å². The van der Waals surface area contributed by atoms with Crippen LogP contribution in [0.2, 0.25) is 0 Å². The summed E-state index contributed by atoms with van der Waals surface area (Å²) >= 11 is 0. The Morgan fingerprint density at radius 3 is 2.59 bits per heavy atom. The summed E-state index contributed by atoms with van der Waals surface area (Å²) in [6.45, 7) is 5.77. The zero-order valence-electron chi connectivity index (χ0n) is 13.6. The van der Waals surface area contributed by atoms with Crippen LogP contribution < -0.4 is 4.90 Å². The fourth-order valence-corrected chi connectivity index (χ4v) is 2.37. The van der Waals surface area contributed by atoms with Crippen molar-refractivity contribution in [2.75, 3.05) is 11.9 Å². The molecule has 0 aliphatic heterocycles. The molecule has 0 fully saturated rings. The second-order valence-electron chi connectivity index (χ2n) is 5.44. The van der Waals surface area contributed by atoms with Crippen LogP contribution in [-0.4, -0.2) is 24.2 Å². The third kappa shape index (κ3) is 5.86. The van der Waals surface area contributed by atoms with E-state index in [9.17, 15) is 9.90 Å². The Kier molecular flexibility index (Phi) is 8.23. The maximum Gasteiger partial charge on any atom is 0.226 e. The van der Waals surface area contributed by atoms with E-state index >= 15 is 0 Å². The number of benzene rings is 1. The summed E-state index contributed by atoms with van der Waals surface area (Å²) in [6.07, 6.45) is 7.93. The molecule has 120 valence electrons. The molecule has 0 spiro atoms. The highest BCUT2D eigenvalue weighted by Crippen LogP contribution is 2.19. The lowest BCUT2D eigenvalue weighted by atomic mass is 9.93. The average molecular weight is 301 g/mol. The van der Waals surface area contributed by atoms with Crippen molar-refractivity contribution in [1.29, 1.82) is 0 Å². The molecule has 0 saturated heterocycles. The Morgan fingerprint density at radius 2 is 2.00 bits per heavy atom. The molecule has 0 aliphatic carbocycles. The topological polar surface area (TPSA) is 40.5 Å². The van der Waals surface area contributed by atoms with Crippen LogP contribution in [0.5, 0.6) is 0 Å². The lowest BCUT2D eigenvalue weighted by molar-refractivity contribution is -0.119. The summed E-state index contributed by atoms with van der Waals surface area (Å²) < 4.78 is 0. The highest BCUT2D eigenvalue weighted by molar-refractivity contribution is 5.92. The van der Waals surface area contributed by atoms with Gasteiger partial charge in [-0.2, -0.15) is 0 Å². The average Bonchev–Trinajstić information content (AvgIpc) is 2.56. The number of para-hydroxylation sites is 1. The summed E-state index contributed by atoms with van der Waals surface area (Å²) in [6, 6.07) is 9.53. The number of aliphatic hydroxyl groups is 1. The fraction of sp³-hybridized carbons (Fsp3) is 0.421. The van der Waals surface area contributed by atoms with Crippen molar-refractivity contribution in [1.82, 2.24) is 0 Å². The molecular weight excluding hydrogens is 274 g/mol. The van der Waals surface area contributed by atoms with E-state index in [4.69, 9.17) is 0 Å². The Bertz CT molecular complexity index is 481. The summed E-state index contributed by atoms with van der Waals surface area (Å²) in [4.78, 5) is 13.8. The van der Waals surface area contributed by atoms with Crippen LogP contribution in [-0.2, 0) is 4.79 Å². The van der Waals surface area contributed by atoms with Crippen molar-refractivity contribution < 1.29 is 9.90 Å². The van der Waals surface area contributed by atoms with E-state index < -0.39 is 6.10 Å². The minimum Gasteiger partial charge on any atom is -0.393 e. The standard InChI is InChI=1S/C19H27NO2/c1-4-6-8-11-16(5-2)18(21)14-15-19(22)20(3)17-12-9-7-10-13-17/h4-7,9-10,12-13,16,18,21H,2,8,11,14-15H2,1,3H3/b6-4+/t16-,18-/m1/s1. The molecule has 0 radical (unpaired) electrons. The number of rotatable bonds is 9. The van der Waals surface area contributed by atoms with Crippen LogP contribution in [0, 0.1) is 5.92 Å². The lowest BCUT2D eigenvalue weighted by Gasteiger charge is -2.21. The smallest absolute Gasteiger partial charge is 0.226 e. The summed E-state index contributed by atoms with van der Waals surface area (Å²) in [7, 11) is 1.76. The van der Waals surface area contributed by atoms with Crippen molar-refractivity contribution in [2.24, 2.45) is 5.92 Å². The monoisotopic (exact) mass is 301 g/mol. The van der Waals surface area contributed by atoms with Crippen molar-refractivity contribution in [3.63, 3.8) is 0 Å². The van der Waals surface area contributed by atoms with Gasteiger partial charge in [0.1, 0.15) is 0 Å². The van der Waals surface area contributed by atoms with Gasteiger partial charge in [-0.05, 0) is 38.3 Å². The SMILES string of the molecule is C=C[C@H](CC/C=C/C)[C@H](O)CCC(=O)N(C)c1ccccc1. The van der Waals surface area contributed by atoms with E-state index in [0.717, 1.165) is 18.5 Å². The van der Waals surface area contributed by atoms with Gasteiger partial charge >= 0.3 is 0 Å². The number of allylic oxidation sites excluding steroid dienone is 2. The summed E-state index contributed by atoms with van der Waals surface area (Å²) in [5.74, 6) is 0.0487. The number of carbonyl (C=O) groups excluding carboxylic acids is 1. The van der Waals surface area contributed by atoms with Gasteiger partial charge in [-0.3, -0.25) is 4.79 Å². The first-order valence-electron chi connectivity index (χ1n) is 7.83. The minimum absolute atomic E-state index is 0.0153. The predicted octanol–water partition coefficient (Wildman–Crippen LogP) is 3.95. The third-order valence-corrected chi connectivity index (χ3v) is 3.87. The minimum atomic E-state index is -0.518. The number of hydrogen-bond donors (Lipinski definition) is 1. The molecule has 1 aromatic carbocycles. The maximum absolute atomic E-state index is 12.2. The third-order valence-electron chi connectivity index (χ3n) is 3.87. The molecule has 22 heavy (non-hydrogen) atoms. The van der Waals surface area contributed by atoms with Crippen molar-refractivity contribution in [2.45, 2.75) is 38.7 Å². The van der Waals surface area contributed by atoms with E-state index in [1.165, 1.54) is 0 Å². The van der Waals surface area contributed by atoms with E-state index in [1.54, 1.807) is 18.0 Å². The zero-order valence-corrected chi connectivity index (χ0v) is 13.6. The molecule has 3 nitrogen and oxygen atoms in total. The molecule has 0 unspecified atom stereocenters. The van der Waals surface area contributed by atoms with E-state index in [-0.39, 0.29) is 11.8 Å². The Balaban J connectivity index is 2.46. The number of anilines is 1. The van der Waals surface area contributed by atoms with Gasteiger partial charge in [0.2, 0.25) is 5.91 Å². The second-order valence-corrected chi connectivity index (χ2v) is 5.44. The van der Waals surface area contributed by atoms with Crippen LogP contribution >= 0.6 is 0 Å². The van der Waals surface area contributed by atoms with Crippen LogP contribution in [0.15, 0.2) is 55.1 Å². The van der Waals surface area contributed by atoms with Gasteiger partial charge in [0.25, 0.3) is 0 Å². The highest BCUT2D eigenvalue weighted by atomic mass is 16.3. The van der Waals surface area contributed by atoms with Crippen molar-refractivity contribution in [3.8, 4) is 0 Å². The Labute approximate surface area is 134 Å². The second kappa shape index (κ2) is 9.96. The molecule has 3 heteroatoms. The normalized spacial score (nSPS) is 13.8. The van der Waals surface area contributed by atoms with Crippen LogP contribution in [0.4, 0.5) is 5.69 Å². The molecule has 1 N–H and O–H groups in total. The molecule has 1 amide bonds. The predicted molar refractivity (Wildman–Crippen MR) is 92.8 cm³/mol. The molecule has 1 aromatic rings. The fourth-order valence-electron chi connectivity index (χ4n) is 2.37. The van der Waals surface area contributed by atoms with Gasteiger partial charge in [-0.15, -0.1) is 6.58 Å². The number of nitrogens with zero attached hydrogens (tertiary/aromatic N) is 1. The zero-order chi connectivity index (χ0) is 16.4. The number of hydrogen-bond acceptors (Lipinski definition) is 2. The number of aliphatic hydroxyl groups excluding tert-OH is 1. The van der Waals surface area contributed by atoms with Crippen molar-refractivity contribution >= 4 is 11.6 Å². The molecule has 2 atom stereocenters. The van der Waals surface area contributed by atoms with Gasteiger partial charge in [0, 0.05) is 25.1 Å². The Hall–Kier alpha value is -1.87. The number of carbonyl (C=O) groups is 1. The van der Waals surface area contributed by atoms with E-state index in [2.05, 4.69) is 12.7 Å². The van der Waals surface area contributed by atoms with Gasteiger partial charge in [-0.1, -0.05) is 36.4 Å². The number of amides is 1. The molecule has 0 saturated carbocycles. The van der Waals surface area contributed by atoms with Crippen LogP contribution in [0.3, 0.4) is 0 Å². The van der Waals surface area contributed by atoms with Crippen LogP contribution in [0.25, 0.3) is 0 Å². The first-order chi connectivity index (χ1) is 10.6. The van der Waals surface area contributed by atoms with Crippen molar-refractivity contribution in [3.05, 3.63) is 55.1 Å². The van der Waals surface area contributed by atoms with Gasteiger partial charge in [0.15, 0.2) is 0 Å². The molecule has 0 aliphatic rings. The van der Waals surface area contributed by atoms with Crippen LogP contribution in [0.1, 0.15) is 32.6 Å². The first kappa shape index (κ1) is 18.2. The highest BCUT2D eigenvalue weighted by Gasteiger charge is 2.18. The largest absolute Gasteiger partial charge is 0.393 e. The molecule has 0 heterocycles. The lowest BCUT2D eigenvalue weighted by Crippen LogP contribution is -2.28. The molecule has 0 aromatic heterocycles. The Morgan fingerprint density at radius 1 is 1.32 bits per heavy atom. The summed E-state index contributed by atoms with van der Waals surface area (Å²) in [5.41, 5.74) is 0.871. The first-order valence-corrected chi connectivity index (χ1v) is 7.83. The van der Waals surface area contributed by atoms with E-state index in [1.807, 2.05) is 43.3 Å². The summed E-state index contributed by atoms with van der Waals surface area (Å²) in [5, 5.41) is 10.2. The van der Waals surface area contributed by atoms with Gasteiger partial charge in [-0.25, -0.2) is 0 Å². The van der Waals surface area contributed by atoms with Gasteiger partial charge < -0.3 is 10.0 Å².